The Morgan fingerprint density at radius 3 is 2.04 bits per heavy atom. The topological polar surface area (TPSA) is 84.5 Å². The van der Waals surface area contributed by atoms with Gasteiger partial charge in [0.15, 0.2) is 0 Å². The Balaban J connectivity index is 1.48. The molecule has 2 amide bonds. The zero-order valence-electron chi connectivity index (χ0n) is 14.1. The summed E-state index contributed by atoms with van der Waals surface area (Å²) in [7, 11) is 1.59. The van der Waals surface area contributed by atoms with Crippen LogP contribution in [0.2, 0.25) is 0 Å². The van der Waals surface area contributed by atoms with Gasteiger partial charge in [0, 0.05) is 18.1 Å². The first-order chi connectivity index (χ1) is 12.7. The SMILES string of the molecule is COc1ccc(NC(=O)NNc2ccc(Oc3ccncc3)cc2)cc1. The molecule has 0 aliphatic rings. The number of carbonyl (C=O) groups is 1. The number of carbonyl (C=O) groups excluding carboxylic acids is 1. The normalized spacial score (nSPS) is 9.88. The van der Waals surface area contributed by atoms with Gasteiger partial charge < -0.3 is 14.8 Å². The van der Waals surface area contributed by atoms with Crippen molar-refractivity contribution in [1.82, 2.24) is 10.4 Å². The van der Waals surface area contributed by atoms with Gasteiger partial charge in [0.2, 0.25) is 0 Å². The van der Waals surface area contributed by atoms with Gasteiger partial charge in [-0.15, -0.1) is 0 Å². The molecule has 0 saturated heterocycles. The van der Waals surface area contributed by atoms with Gasteiger partial charge in [0.1, 0.15) is 17.2 Å². The van der Waals surface area contributed by atoms with Crippen molar-refractivity contribution in [2.45, 2.75) is 0 Å². The Bertz CT molecular complexity index is 837. The van der Waals surface area contributed by atoms with Crippen molar-refractivity contribution in [2.24, 2.45) is 0 Å². The summed E-state index contributed by atoms with van der Waals surface area (Å²) in [5.41, 5.74) is 6.77. The van der Waals surface area contributed by atoms with E-state index in [2.05, 4.69) is 21.2 Å². The van der Waals surface area contributed by atoms with Gasteiger partial charge in [-0.2, -0.15) is 0 Å². The van der Waals surface area contributed by atoms with Crippen molar-refractivity contribution >= 4 is 17.4 Å². The van der Waals surface area contributed by atoms with Gasteiger partial charge in [-0.1, -0.05) is 0 Å². The van der Waals surface area contributed by atoms with Crippen molar-refractivity contribution in [1.29, 1.82) is 0 Å². The van der Waals surface area contributed by atoms with E-state index in [4.69, 9.17) is 9.47 Å². The highest BCUT2D eigenvalue weighted by atomic mass is 16.5. The lowest BCUT2D eigenvalue weighted by Crippen LogP contribution is -2.33. The average molecular weight is 350 g/mol. The Morgan fingerprint density at radius 1 is 0.808 bits per heavy atom. The number of amides is 2. The minimum absolute atomic E-state index is 0.382. The molecule has 0 unspecified atom stereocenters. The van der Waals surface area contributed by atoms with E-state index in [1.54, 1.807) is 80.2 Å². The fourth-order valence-electron chi connectivity index (χ4n) is 2.11. The lowest BCUT2D eigenvalue weighted by Gasteiger charge is -2.11. The van der Waals surface area contributed by atoms with Crippen LogP contribution in [-0.4, -0.2) is 18.1 Å². The summed E-state index contributed by atoms with van der Waals surface area (Å²) >= 11 is 0. The second-order valence-corrected chi connectivity index (χ2v) is 5.24. The number of hydrazine groups is 1. The first-order valence-electron chi connectivity index (χ1n) is 7.88. The molecule has 7 heteroatoms. The van der Waals surface area contributed by atoms with Crippen molar-refractivity contribution in [3.63, 3.8) is 0 Å². The fourth-order valence-corrected chi connectivity index (χ4v) is 2.11. The molecule has 0 aliphatic heterocycles. The maximum absolute atomic E-state index is 11.9. The van der Waals surface area contributed by atoms with Crippen molar-refractivity contribution in [3.05, 3.63) is 73.1 Å². The molecule has 0 bridgehead atoms. The molecular formula is C19H18N4O3. The summed E-state index contributed by atoms with van der Waals surface area (Å²) in [5, 5.41) is 2.71. The van der Waals surface area contributed by atoms with Crippen molar-refractivity contribution < 1.29 is 14.3 Å². The minimum atomic E-state index is -0.382. The lowest BCUT2D eigenvalue weighted by atomic mass is 10.3. The quantitative estimate of drug-likeness (QED) is 0.585. The summed E-state index contributed by atoms with van der Waals surface area (Å²) in [4.78, 5) is 15.8. The van der Waals surface area contributed by atoms with Gasteiger partial charge in [0.05, 0.1) is 12.8 Å². The number of methoxy groups -OCH3 is 1. The van der Waals surface area contributed by atoms with Crippen LogP contribution in [0.3, 0.4) is 0 Å². The number of hydrogen-bond acceptors (Lipinski definition) is 5. The van der Waals surface area contributed by atoms with Crippen LogP contribution < -0.4 is 25.6 Å². The summed E-state index contributed by atoms with van der Waals surface area (Å²) < 4.78 is 10.8. The number of urea groups is 1. The minimum Gasteiger partial charge on any atom is -0.497 e. The molecule has 132 valence electrons. The lowest BCUT2D eigenvalue weighted by molar-refractivity contribution is 0.254. The number of rotatable bonds is 6. The molecule has 3 N–H and O–H groups in total. The average Bonchev–Trinajstić information content (AvgIpc) is 2.69. The second-order valence-electron chi connectivity index (χ2n) is 5.24. The maximum Gasteiger partial charge on any atom is 0.337 e. The smallest absolute Gasteiger partial charge is 0.337 e. The third-order valence-corrected chi connectivity index (χ3v) is 3.41. The first kappa shape index (κ1) is 17.1. The van der Waals surface area contributed by atoms with E-state index in [9.17, 15) is 4.79 Å². The monoisotopic (exact) mass is 350 g/mol. The number of anilines is 2. The Kier molecular flexibility index (Phi) is 5.51. The Morgan fingerprint density at radius 2 is 1.38 bits per heavy atom. The number of aromatic nitrogens is 1. The van der Waals surface area contributed by atoms with E-state index in [-0.39, 0.29) is 6.03 Å². The molecule has 3 aromatic rings. The van der Waals surface area contributed by atoms with Crippen LogP contribution >= 0.6 is 0 Å². The molecule has 3 rings (SSSR count). The van der Waals surface area contributed by atoms with Crippen molar-refractivity contribution in [2.75, 3.05) is 17.9 Å². The van der Waals surface area contributed by atoms with Gasteiger partial charge in [-0.25, -0.2) is 4.79 Å². The molecule has 0 saturated carbocycles. The molecule has 2 aromatic carbocycles. The van der Waals surface area contributed by atoms with E-state index in [0.717, 1.165) is 11.4 Å². The number of nitrogens with one attached hydrogen (secondary N) is 3. The third-order valence-electron chi connectivity index (χ3n) is 3.41. The van der Waals surface area contributed by atoms with Gasteiger partial charge in [-0.05, 0) is 60.7 Å². The zero-order chi connectivity index (χ0) is 18.2. The number of hydrogen-bond donors (Lipinski definition) is 3. The molecule has 0 fully saturated rings. The number of pyridine rings is 1. The zero-order valence-corrected chi connectivity index (χ0v) is 14.1. The number of nitrogens with zero attached hydrogens (tertiary/aromatic N) is 1. The maximum atomic E-state index is 11.9. The highest BCUT2D eigenvalue weighted by molar-refractivity contribution is 5.90. The van der Waals surface area contributed by atoms with Crippen LogP contribution in [0.25, 0.3) is 0 Å². The largest absolute Gasteiger partial charge is 0.497 e. The van der Waals surface area contributed by atoms with E-state index < -0.39 is 0 Å². The predicted molar refractivity (Wildman–Crippen MR) is 99.5 cm³/mol. The van der Waals surface area contributed by atoms with Gasteiger partial charge in [0.25, 0.3) is 0 Å². The van der Waals surface area contributed by atoms with Crippen LogP contribution in [-0.2, 0) is 0 Å². The first-order valence-corrected chi connectivity index (χ1v) is 7.88. The van der Waals surface area contributed by atoms with Crippen LogP contribution in [0.4, 0.5) is 16.2 Å². The van der Waals surface area contributed by atoms with Crippen LogP contribution in [0, 0.1) is 0 Å². The highest BCUT2D eigenvalue weighted by Gasteiger charge is 2.02. The fraction of sp³-hybridized carbons (Fsp3) is 0.0526. The molecular weight excluding hydrogens is 332 g/mol. The molecule has 1 aromatic heterocycles. The molecule has 1 heterocycles. The molecule has 26 heavy (non-hydrogen) atoms. The number of benzene rings is 2. The predicted octanol–water partition coefficient (Wildman–Crippen LogP) is 4.03. The highest BCUT2D eigenvalue weighted by Crippen LogP contribution is 2.22. The summed E-state index contributed by atoms with van der Waals surface area (Å²) in [6.07, 6.45) is 3.33. The standard InChI is InChI=1S/C19H18N4O3/c1-25-16-6-2-14(3-7-16)21-19(24)23-22-15-4-8-17(9-5-15)26-18-10-12-20-13-11-18/h2-13,22H,1H3,(H2,21,23,24). The summed E-state index contributed by atoms with van der Waals surface area (Å²) in [5.74, 6) is 2.12. The summed E-state index contributed by atoms with van der Waals surface area (Å²) in [6.45, 7) is 0. The van der Waals surface area contributed by atoms with E-state index in [1.807, 2.05) is 0 Å². The van der Waals surface area contributed by atoms with Crippen molar-refractivity contribution in [3.8, 4) is 17.2 Å². The third kappa shape index (κ3) is 4.88. The van der Waals surface area contributed by atoms with Gasteiger partial charge in [-0.3, -0.25) is 15.8 Å². The van der Waals surface area contributed by atoms with Gasteiger partial charge >= 0.3 is 6.03 Å². The molecule has 0 spiro atoms. The summed E-state index contributed by atoms with van der Waals surface area (Å²) in [6, 6.07) is 17.4. The van der Waals surface area contributed by atoms with Crippen LogP contribution in [0.1, 0.15) is 0 Å². The second kappa shape index (κ2) is 8.39. The van der Waals surface area contributed by atoms with Crippen LogP contribution in [0.15, 0.2) is 73.1 Å². The molecule has 0 atom stereocenters. The van der Waals surface area contributed by atoms with E-state index in [0.29, 0.717) is 17.2 Å². The number of ether oxygens (including phenoxy) is 2. The Labute approximate surface area is 151 Å². The molecule has 0 aliphatic carbocycles. The molecule has 0 radical (unpaired) electrons. The van der Waals surface area contributed by atoms with Crippen LogP contribution in [0.5, 0.6) is 17.2 Å². The van der Waals surface area contributed by atoms with E-state index >= 15 is 0 Å². The Hall–Kier alpha value is -3.74. The van der Waals surface area contributed by atoms with E-state index in [1.165, 1.54) is 0 Å². The molecule has 7 nitrogen and oxygen atoms in total.